The van der Waals surface area contributed by atoms with Gasteiger partial charge in [-0.25, -0.2) is 0 Å². The average molecular weight is 416 g/mol. The van der Waals surface area contributed by atoms with E-state index in [1.165, 1.54) is 0 Å². The highest BCUT2D eigenvalue weighted by atomic mass is 79.9. The summed E-state index contributed by atoms with van der Waals surface area (Å²) in [6.07, 6.45) is -0.793. The Morgan fingerprint density at radius 2 is 1.88 bits per heavy atom. The van der Waals surface area contributed by atoms with Gasteiger partial charge in [0, 0.05) is 9.86 Å². The fourth-order valence-electron chi connectivity index (χ4n) is 2.67. The summed E-state index contributed by atoms with van der Waals surface area (Å²) in [4.78, 5) is 15.0. The molecule has 0 unspecified atom stereocenters. The van der Waals surface area contributed by atoms with E-state index < -0.39 is 12.0 Å². The van der Waals surface area contributed by atoms with Gasteiger partial charge in [-0.15, -0.1) is 10.2 Å². The first kappa shape index (κ1) is 18.1. The van der Waals surface area contributed by atoms with Crippen LogP contribution in [-0.2, 0) is 4.79 Å². The summed E-state index contributed by atoms with van der Waals surface area (Å²) in [5.41, 5.74) is 3.02. The number of carbonyl (C=O) groups excluding carboxylic acids is 1. The highest BCUT2D eigenvalue weighted by Crippen LogP contribution is 2.36. The van der Waals surface area contributed by atoms with Gasteiger partial charge in [0.25, 0.3) is 0 Å². The van der Waals surface area contributed by atoms with E-state index in [4.69, 9.17) is 4.74 Å². The number of azo groups is 1. The topological polar surface area (TPSA) is 87.0 Å². The van der Waals surface area contributed by atoms with Gasteiger partial charge >= 0.3 is 5.91 Å². The van der Waals surface area contributed by atoms with Crippen LogP contribution < -0.4 is 4.74 Å². The van der Waals surface area contributed by atoms with E-state index in [0.29, 0.717) is 16.7 Å². The number of benzene rings is 2. The van der Waals surface area contributed by atoms with Crippen LogP contribution in [0.1, 0.15) is 18.1 Å². The van der Waals surface area contributed by atoms with Crippen molar-refractivity contribution in [1.82, 2.24) is 4.98 Å². The van der Waals surface area contributed by atoms with Crippen molar-refractivity contribution in [3.05, 3.63) is 52.0 Å². The highest BCUT2D eigenvalue weighted by Gasteiger charge is 2.16. The Labute approximate surface area is 159 Å². The summed E-state index contributed by atoms with van der Waals surface area (Å²) in [6.45, 7) is 5.54. The molecule has 0 fully saturated rings. The number of rotatable bonds is 4. The molecule has 0 saturated heterocycles. The molecule has 2 aromatic carbocycles. The molecule has 2 N–H and O–H groups in total. The zero-order valence-electron chi connectivity index (χ0n) is 14.6. The first-order chi connectivity index (χ1) is 12.3. The Morgan fingerprint density at radius 3 is 2.58 bits per heavy atom. The Bertz CT molecular complexity index is 990. The molecule has 0 spiro atoms. The van der Waals surface area contributed by atoms with Gasteiger partial charge in [0.05, 0.1) is 5.52 Å². The summed E-state index contributed by atoms with van der Waals surface area (Å²) >= 11 is 3.37. The lowest BCUT2D eigenvalue weighted by molar-refractivity contribution is -0.124. The smallest absolute Gasteiger partial charge is 0.304 e. The molecule has 0 aliphatic carbocycles. The van der Waals surface area contributed by atoms with E-state index in [-0.39, 0.29) is 11.6 Å². The maximum Gasteiger partial charge on any atom is 0.304 e. The highest BCUT2D eigenvalue weighted by molar-refractivity contribution is 9.10. The lowest BCUT2D eigenvalue weighted by atomic mass is 10.1. The van der Waals surface area contributed by atoms with Crippen molar-refractivity contribution in [2.24, 2.45) is 10.2 Å². The van der Waals surface area contributed by atoms with Crippen LogP contribution in [0, 0.1) is 13.8 Å². The number of aromatic nitrogens is 1. The number of hydrogen-bond acceptors (Lipinski definition) is 4. The number of halogens is 1. The molecule has 134 valence electrons. The molecule has 0 radical (unpaired) electrons. The summed E-state index contributed by atoms with van der Waals surface area (Å²) in [5.74, 6) is -0.0668. The normalized spacial score (nSPS) is 12.6. The number of ether oxygens (including phenoxy) is 1. The van der Waals surface area contributed by atoms with Crippen molar-refractivity contribution in [1.29, 1.82) is 0 Å². The molecule has 0 aliphatic rings. The molecule has 1 amide bonds. The first-order valence-electron chi connectivity index (χ1n) is 8.04. The van der Waals surface area contributed by atoms with Crippen molar-refractivity contribution in [3.8, 4) is 11.6 Å². The lowest BCUT2D eigenvalue weighted by Crippen LogP contribution is -2.21. The molecule has 3 aromatic rings. The van der Waals surface area contributed by atoms with Crippen LogP contribution in [0.25, 0.3) is 10.9 Å². The standard InChI is InChI=1S/C19H18BrN3O3/c1-10-6-11(2)8-14(7-10)26-12(3)18(24)23-22-17-15-9-13(20)4-5-16(15)21-19(17)25/h4-9,12,21,25H,1-3H3/t12-/m1/s1. The molecule has 7 heteroatoms. The molecular formula is C19H18BrN3O3. The van der Waals surface area contributed by atoms with Gasteiger partial charge in [-0.1, -0.05) is 22.0 Å². The molecule has 0 bridgehead atoms. The van der Waals surface area contributed by atoms with E-state index in [9.17, 15) is 9.90 Å². The van der Waals surface area contributed by atoms with Crippen LogP contribution in [0.3, 0.4) is 0 Å². The fourth-order valence-corrected chi connectivity index (χ4v) is 3.03. The van der Waals surface area contributed by atoms with Crippen molar-refractivity contribution >= 4 is 38.4 Å². The molecule has 26 heavy (non-hydrogen) atoms. The SMILES string of the molecule is Cc1cc(C)cc(O[C@H](C)C(=O)N=Nc2c(O)[nH]c3ccc(Br)cc23)c1. The number of fused-ring (bicyclic) bond motifs is 1. The van der Waals surface area contributed by atoms with Crippen LogP contribution in [0.5, 0.6) is 11.6 Å². The molecule has 1 atom stereocenters. The minimum absolute atomic E-state index is 0.141. The van der Waals surface area contributed by atoms with Gasteiger partial charge in [-0.3, -0.25) is 4.79 Å². The second-order valence-electron chi connectivity index (χ2n) is 6.13. The third kappa shape index (κ3) is 3.94. The third-order valence-corrected chi connectivity index (χ3v) is 4.31. The number of hydrogen-bond donors (Lipinski definition) is 2. The van der Waals surface area contributed by atoms with E-state index in [1.54, 1.807) is 19.1 Å². The summed E-state index contributed by atoms with van der Waals surface area (Å²) < 4.78 is 6.50. The predicted octanol–water partition coefficient (Wildman–Crippen LogP) is 5.33. The van der Waals surface area contributed by atoms with Crippen molar-refractivity contribution in [3.63, 3.8) is 0 Å². The lowest BCUT2D eigenvalue weighted by Gasteiger charge is -2.12. The quantitative estimate of drug-likeness (QED) is 0.564. The van der Waals surface area contributed by atoms with E-state index in [1.807, 2.05) is 38.1 Å². The maximum absolute atomic E-state index is 12.2. The van der Waals surface area contributed by atoms with Crippen LogP contribution in [0.2, 0.25) is 0 Å². The third-order valence-electron chi connectivity index (χ3n) is 3.82. The van der Waals surface area contributed by atoms with Crippen molar-refractivity contribution in [2.75, 3.05) is 0 Å². The Balaban J connectivity index is 1.79. The second-order valence-corrected chi connectivity index (χ2v) is 7.05. The molecule has 1 heterocycles. The Hall–Kier alpha value is -2.67. The second kappa shape index (κ2) is 7.29. The number of nitrogens with zero attached hydrogens (tertiary/aromatic N) is 2. The number of aromatic amines is 1. The largest absolute Gasteiger partial charge is 0.493 e. The Kier molecular flexibility index (Phi) is 5.08. The monoisotopic (exact) mass is 415 g/mol. The maximum atomic E-state index is 12.2. The van der Waals surface area contributed by atoms with E-state index in [2.05, 4.69) is 31.1 Å². The molecule has 0 aliphatic heterocycles. The summed E-state index contributed by atoms with van der Waals surface area (Å²) in [6, 6.07) is 11.2. The van der Waals surface area contributed by atoms with Crippen LogP contribution >= 0.6 is 15.9 Å². The number of amides is 1. The average Bonchev–Trinajstić information content (AvgIpc) is 2.86. The van der Waals surface area contributed by atoms with E-state index in [0.717, 1.165) is 15.6 Å². The molecule has 3 rings (SSSR count). The number of carbonyl (C=O) groups is 1. The van der Waals surface area contributed by atoms with Crippen LogP contribution in [-0.4, -0.2) is 22.1 Å². The predicted molar refractivity (Wildman–Crippen MR) is 103 cm³/mol. The number of nitrogens with one attached hydrogen (secondary N) is 1. The van der Waals surface area contributed by atoms with E-state index >= 15 is 0 Å². The van der Waals surface area contributed by atoms with Crippen LogP contribution in [0.4, 0.5) is 5.69 Å². The minimum atomic E-state index is -0.793. The summed E-state index contributed by atoms with van der Waals surface area (Å²) in [5, 5.41) is 18.3. The number of H-pyrrole nitrogens is 1. The minimum Gasteiger partial charge on any atom is -0.493 e. The first-order valence-corrected chi connectivity index (χ1v) is 8.83. The number of aromatic hydroxyl groups is 1. The van der Waals surface area contributed by atoms with Gasteiger partial charge in [-0.2, -0.15) is 0 Å². The van der Waals surface area contributed by atoms with Gasteiger partial charge in [0.2, 0.25) is 5.88 Å². The van der Waals surface area contributed by atoms with Gasteiger partial charge < -0.3 is 14.8 Å². The zero-order chi connectivity index (χ0) is 18.8. The zero-order valence-corrected chi connectivity index (χ0v) is 16.2. The van der Waals surface area contributed by atoms with Crippen molar-refractivity contribution < 1.29 is 14.6 Å². The van der Waals surface area contributed by atoms with Gasteiger partial charge in [0.1, 0.15) is 5.75 Å². The Morgan fingerprint density at radius 1 is 1.19 bits per heavy atom. The van der Waals surface area contributed by atoms with Crippen LogP contribution in [0.15, 0.2) is 51.1 Å². The molecular weight excluding hydrogens is 398 g/mol. The van der Waals surface area contributed by atoms with Gasteiger partial charge in [0.15, 0.2) is 11.8 Å². The van der Waals surface area contributed by atoms with Crippen molar-refractivity contribution in [2.45, 2.75) is 26.9 Å². The molecule has 1 aromatic heterocycles. The summed E-state index contributed by atoms with van der Waals surface area (Å²) in [7, 11) is 0. The van der Waals surface area contributed by atoms with Gasteiger partial charge in [-0.05, 0) is 62.2 Å². The molecule has 6 nitrogen and oxygen atoms in total. The fraction of sp³-hybridized carbons (Fsp3) is 0.211. The number of aryl methyl sites for hydroxylation is 2. The molecule has 0 saturated carbocycles.